The van der Waals surface area contributed by atoms with E-state index in [-0.39, 0.29) is 12.2 Å². The van der Waals surface area contributed by atoms with Crippen LogP contribution in [0.4, 0.5) is 0 Å². The molecule has 0 fully saturated rings. The number of hydrogen-bond donors (Lipinski definition) is 0. The Kier molecular flexibility index (Phi) is 4.63. The van der Waals surface area contributed by atoms with Crippen LogP contribution in [0.5, 0.6) is 0 Å². The van der Waals surface area contributed by atoms with Crippen molar-refractivity contribution in [2.24, 2.45) is 0 Å². The molecule has 0 spiro atoms. The Morgan fingerprint density at radius 3 is 2.52 bits per heavy atom. The fraction of sp³-hybridized carbons (Fsp3) is 0.312. The summed E-state index contributed by atoms with van der Waals surface area (Å²) >= 11 is 0. The molecule has 0 aromatic heterocycles. The van der Waals surface area contributed by atoms with Gasteiger partial charge in [-0.2, -0.15) is 0 Å². The Balaban J connectivity index is 2.28. The fourth-order valence-electron chi connectivity index (χ4n) is 2.22. The minimum Gasteiger partial charge on any atom is -0.469 e. The highest BCUT2D eigenvalue weighted by molar-refractivity contribution is 7.91. The maximum atomic E-state index is 12.4. The van der Waals surface area contributed by atoms with Crippen LogP contribution in [0.3, 0.4) is 0 Å². The van der Waals surface area contributed by atoms with Crippen molar-refractivity contribution in [2.45, 2.75) is 24.3 Å². The van der Waals surface area contributed by atoms with Crippen LogP contribution in [-0.2, 0) is 25.1 Å². The molecule has 0 aliphatic rings. The van der Waals surface area contributed by atoms with Gasteiger partial charge in [-0.25, -0.2) is 8.42 Å². The molecule has 2 rings (SSSR count). The van der Waals surface area contributed by atoms with E-state index in [0.717, 1.165) is 16.3 Å². The van der Waals surface area contributed by atoms with Gasteiger partial charge in [0.25, 0.3) is 0 Å². The number of ether oxygens (including phenoxy) is 1. The van der Waals surface area contributed by atoms with Crippen molar-refractivity contribution >= 4 is 26.6 Å². The van der Waals surface area contributed by atoms with Crippen molar-refractivity contribution in [3.63, 3.8) is 0 Å². The van der Waals surface area contributed by atoms with Gasteiger partial charge in [-0.1, -0.05) is 42.5 Å². The number of carbonyl (C=O) groups is 1. The van der Waals surface area contributed by atoms with Crippen LogP contribution in [0.25, 0.3) is 10.8 Å². The van der Waals surface area contributed by atoms with Crippen LogP contribution in [0.1, 0.15) is 18.9 Å². The first-order chi connectivity index (χ1) is 9.94. The number of esters is 1. The Morgan fingerprint density at radius 1 is 1.14 bits per heavy atom. The zero-order valence-electron chi connectivity index (χ0n) is 12.1. The summed E-state index contributed by atoms with van der Waals surface area (Å²) in [4.78, 5) is 11.2. The predicted molar refractivity (Wildman–Crippen MR) is 82.7 cm³/mol. The second-order valence-corrected chi connectivity index (χ2v) is 7.46. The maximum absolute atomic E-state index is 12.4. The lowest BCUT2D eigenvalue weighted by Gasteiger charge is -2.13. The largest absolute Gasteiger partial charge is 0.469 e. The molecule has 2 aromatic carbocycles. The number of fused-ring (bicyclic) bond motifs is 1. The van der Waals surface area contributed by atoms with Crippen molar-refractivity contribution in [1.29, 1.82) is 0 Å². The fourth-order valence-corrected chi connectivity index (χ4v) is 3.58. The molecule has 21 heavy (non-hydrogen) atoms. The number of benzene rings is 2. The molecular weight excluding hydrogens is 288 g/mol. The van der Waals surface area contributed by atoms with Crippen LogP contribution in [0.15, 0.2) is 42.5 Å². The number of carbonyl (C=O) groups excluding carboxylic acids is 1. The zero-order valence-corrected chi connectivity index (χ0v) is 12.9. The molecule has 4 nitrogen and oxygen atoms in total. The van der Waals surface area contributed by atoms with Crippen molar-refractivity contribution in [1.82, 2.24) is 0 Å². The molecule has 0 saturated heterocycles. The third-order valence-corrected chi connectivity index (χ3v) is 5.64. The Hall–Kier alpha value is -1.88. The molecule has 0 aliphatic heterocycles. The van der Waals surface area contributed by atoms with Gasteiger partial charge in [-0.3, -0.25) is 4.79 Å². The van der Waals surface area contributed by atoms with Gasteiger partial charge >= 0.3 is 5.97 Å². The molecule has 0 aliphatic carbocycles. The molecule has 2 aromatic rings. The lowest BCUT2D eigenvalue weighted by Crippen LogP contribution is -2.23. The van der Waals surface area contributed by atoms with Gasteiger partial charge in [0.1, 0.15) is 0 Å². The van der Waals surface area contributed by atoms with E-state index in [1.807, 2.05) is 42.5 Å². The summed E-state index contributed by atoms with van der Waals surface area (Å²) in [5, 5.41) is 1.17. The Morgan fingerprint density at radius 2 is 1.81 bits per heavy atom. The topological polar surface area (TPSA) is 60.4 Å². The molecule has 1 unspecified atom stereocenters. The van der Waals surface area contributed by atoms with Gasteiger partial charge in [-0.15, -0.1) is 0 Å². The molecule has 0 heterocycles. The summed E-state index contributed by atoms with van der Waals surface area (Å²) < 4.78 is 29.3. The van der Waals surface area contributed by atoms with Crippen LogP contribution < -0.4 is 0 Å². The molecular formula is C16H18O4S. The number of sulfone groups is 1. The molecule has 1 atom stereocenters. The third kappa shape index (κ3) is 3.61. The SMILES string of the molecule is COC(=O)CC(C)S(=O)(=O)Cc1cccc2ccccc12. The molecule has 0 N–H and O–H groups in total. The van der Waals surface area contributed by atoms with Crippen molar-refractivity contribution in [2.75, 3.05) is 7.11 Å². The van der Waals surface area contributed by atoms with Gasteiger partial charge < -0.3 is 4.74 Å². The van der Waals surface area contributed by atoms with Crippen LogP contribution in [0.2, 0.25) is 0 Å². The van der Waals surface area contributed by atoms with E-state index in [1.54, 1.807) is 0 Å². The van der Waals surface area contributed by atoms with Crippen LogP contribution in [0, 0.1) is 0 Å². The normalized spacial score (nSPS) is 13.0. The van der Waals surface area contributed by atoms with Gasteiger partial charge in [-0.05, 0) is 23.3 Å². The average Bonchev–Trinajstić information content (AvgIpc) is 2.47. The average molecular weight is 306 g/mol. The van der Waals surface area contributed by atoms with Crippen LogP contribution in [-0.4, -0.2) is 26.7 Å². The summed E-state index contributed by atoms with van der Waals surface area (Å²) in [6, 6.07) is 13.3. The minimum atomic E-state index is -3.41. The highest BCUT2D eigenvalue weighted by atomic mass is 32.2. The van der Waals surface area contributed by atoms with Crippen LogP contribution >= 0.6 is 0 Å². The van der Waals surface area contributed by atoms with Crippen molar-refractivity contribution < 1.29 is 17.9 Å². The Bertz CT molecular complexity index is 744. The summed E-state index contributed by atoms with van der Waals surface area (Å²) in [5.74, 6) is -0.587. The summed E-state index contributed by atoms with van der Waals surface area (Å²) in [7, 11) is -2.15. The maximum Gasteiger partial charge on any atom is 0.306 e. The highest BCUT2D eigenvalue weighted by Crippen LogP contribution is 2.22. The molecule has 5 heteroatoms. The predicted octanol–water partition coefficient (Wildman–Crippen LogP) is 2.71. The van der Waals surface area contributed by atoms with Gasteiger partial charge in [0.05, 0.1) is 24.5 Å². The summed E-state index contributed by atoms with van der Waals surface area (Å²) in [6.07, 6.45) is -0.121. The van der Waals surface area contributed by atoms with E-state index >= 15 is 0 Å². The number of methoxy groups -OCH3 is 1. The third-order valence-electron chi connectivity index (χ3n) is 3.53. The van der Waals surface area contributed by atoms with E-state index in [4.69, 9.17) is 0 Å². The smallest absolute Gasteiger partial charge is 0.306 e. The number of rotatable bonds is 5. The van der Waals surface area contributed by atoms with E-state index in [9.17, 15) is 13.2 Å². The van der Waals surface area contributed by atoms with E-state index in [1.165, 1.54) is 14.0 Å². The quantitative estimate of drug-likeness (QED) is 0.797. The summed E-state index contributed by atoms with van der Waals surface area (Å²) in [6.45, 7) is 1.54. The molecule has 0 bridgehead atoms. The monoisotopic (exact) mass is 306 g/mol. The minimum absolute atomic E-state index is 0.0769. The zero-order chi connectivity index (χ0) is 15.5. The van der Waals surface area contributed by atoms with Gasteiger partial charge in [0.15, 0.2) is 9.84 Å². The van der Waals surface area contributed by atoms with Crippen molar-refractivity contribution in [3.8, 4) is 0 Å². The van der Waals surface area contributed by atoms with Gasteiger partial charge in [0, 0.05) is 0 Å². The van der Waals surface area contributed by atoms with Crippen molar-refractivity contribution in [3.05, 3.63) is 48.0 Å². The molecule has 0 amide bonds. The molecule has 0 radical (unpaired) electrons. The van der Waals surface area contributed by atoms with E-state index in [2.05, 4.69) is 4.74 Å². The highest BCUT2D eigenvalue weighted by Gasteiger charge is 2.24. The summed E-state index contributed by atoms with van der Waals surface area (Å²) in [5.41, 5.74) is 0.754. The Labute approximate surface area is 124 Å². The van der Waals surface area contributed by atoms with Gasteiger partial charge in [0.2, 0.25) is 0 Å². The second-order valence-electron chi connectivity index (χ2n) is 5.04. The molecule has 0 saturated carbocycles. The number of hydrogen-bond acceptors (Lipinski definition) is 4. The lowest BCUT2D eigenvalue weighted by molar-refractivity contribution is -0.140. The second kappa shape index (κ2) is 6.26. The standard InChI is InChI=1S/C16H18O4S/c1-12(10-16(17)20-2)21(18,19)11-14-8-5-7-13-6-3-4-9-15(13)14/h3-9,12H,10-11H2,1-2H3. The first-order valence-corrected chi connectivity index (χ1v) is 8.40. The molecule has 112 valence electrons. The first-order valence-electron chi connectivity index (χ1n) is 6.69. The van der Waals surface area contributed by atoms with E-state index in [0.29, 0.717) is 0 Å². The lowest BCUT2D eigenvalue weighted by atomic mass is 10.1. The van der Waals surface area contributed by atoms with E-state index < -0.39 is 21.1 Å². The first kappa shape index (κ1) is 15.5.